The number of carbonyl (C=O) groups excluding carboxylic acids is 1. The minimum Gasteiger partial charge on any atom is -0.481 e. The smallest absolute Gasteiger partial charge is 0.307 e. The second-order valence-corrected chi connectivity index (χ2v) is 8.81. The highest BCUT2D eigenvalue weighted by molar-refractivity contribution is 5.71. The lowest BCUT2D eigenvalue weighted by molar-refractivity contribution is -0.873. The summed E-state index contributed by atoms with van der Waals surface area (Å²) in [6.45, 7) is 2.74. The van der Waals surface area contributed by atoms with Gasteiger partial charge in [-0.1, -0.05) is 57.6 Å². The molecule has 0 aliphatic carbocycles. The van der Waals surface area contributed by atoms with Gasteiger partial charge in [0.05, 0.1) is 27.6 Å². The molecule has 0 aromatic heterocycles. The van der Waals surface area contributed by atoms with Gasteiger partial charge in [0.2, 0.25) is 0 Å². The Hall–Kier alpha value is -1.36. The second-order valence-electron chi connectivity index (χ2n) is 8.81. The van der Waals surface area contributed by atoms with Crippen molar-refractivity contribution in [2.45, 2.75) is 96.5 Å². The number of aliphatic carboxylic acids is 1. The average molecular weight is 399 g/mol. The number of esters is 1. The molecule has 0 bridgehead atoms. The van der Waals surface area contributed by atoms with Gasteiger partial charge in [-0.3, -0.25) is 9.59 Å². The van der Waals surface area contributed by atoms with Crippen LogP contribution in [0.15, 0.2) is 12.2 Å². The molecule has 0 heterocycles. The van der Waals surface area contributed by atoms with Crippen molar-refractivity contribution in [3.8, 4) is 0 Å². The summed E-state index contributed by atoms with van der Waals surface area (Å²) in [5, 5.41) is 8.99. The fraction of sp³-hybridized carbons (Fsp3) is 0.826. The normalized spacial score (nSPS) is 13.0. The minimum absolute atomic E-state index is 0.132. The van der Waals surface area contributed by atoms with Gasteiger partial charge in [-0.2, -0.15) is 0 Å². The van der Waals surface area contributed by atoms with Gasteiger partial charge < -0.3 is 14.3 Å². The molecule has 1 N–H and O–H groups in total. The van der Waals surface area contributed by atoms with Gasteiger partial charge in [-0.05, 0) is 32.1 Å². The van der Waals surface area contributed by atoms with Crippen LogP contribution in [0.4, 0.5) is 0 Å². The number of allylic oxidation sites excluding steroid dienone is 2. The third-order valence-corrected chi connectivity index (χ3v) is 4.59. The lowest BCUT2D eigenvalue weighted by atomic mass is 10.1. The number of likely N-dealkylation sites (N-methyl/N-ethyl adjacent to an activating group) is 1. The van der Waals surface area contributed by atoms with Crippen LogP contribution in [-0.4, -0.2) is 55.3 Å². The van der Waals surface area contributed by atoms with Crippen molar-refractivity contribution in [3.05, 3.63) is 12.2 Å². The summed E-state index contributed by atoms with van der Waals surface area (Å²) in [6, 6.07) is 0. The Labute approximate surface area is 172 Å². The van der Waals surface area contributed by atoms with E-state index >= 15 is 0 Å². The summed E-state index contributed by atoms with van der Waals surface area (Å²) in [6.07, 6.45) is 17.3. The maximum absolute atomic E-state index is 12.0. The highest BCUT2D eigenvalue weighted by Gasteiger charge is 2.24. The van der Waals surface area contributed by atoms with Gasteiger partial charge in [-0.15, -0.1) is 0 Å². The molecule has 0 spiro atoms. The summed E-state index contributed by atoms with van der Waals surface area (Å²) in [4.78, 5) is 23.0. The number of nitrogens with zero attached hydrogens (tertiary/aromatic N) is 1. The van der Waals surface area contributed by atoms with Crippen molar-refractivity contribution < 1.29 is 23.9 Å². The van der Waals surface area contributed by atoms with E-state index in [1.54, 1.807) is 0 Å². The van der Waals surface area contributed by atoms with Gasteiger partial charge in [0.1, 0.15) is 6.54 Å². The Kier molecular flexibility index (Phi) is 15.8. The molecule has 0 amide bonds. The van der Waals surface area contributed by atoms with Crippen molar-refractivity contribution in [2.75, 3.05) is 27.7 Å². The van der Waals surface area contributed by atoms with E-state index in [0.29, 0.717) is 17.4 Å². The summed E-state index contributed by atoms with van der Waals surface area (Å²) in [7, 11) is 5.89. The van der Waals surface area contributed by atoms with Crippen LogP contribution < -0.4 is 0 Å². The number of carboxylic acids is 1. The van der Waals surface area contributed by atoms with Crippen molar-refractivity contribution in [1.29, 1.82) is 0 Å². The first-order valence-corrected chi connectivity index (χ1v) is 11.1. The monoisotopic (exact) mass is 398 g/mol. The summed E-state index contributed by atoms with van der Waals surface area (Å²) < 4.78 is 5.97. The van der Waals surface area contributed by atoms with E-state index in [9.17, 15) is 9.59 Å². The minimum atomic E-state index is -0.929. The Bertz CT molecular complexity index is 440. The van der Waals surface area contributed by atoms with E-state index in [1.165, 1.54) is 44.9 Å². The summed E-state index contributed by atoms with van der Waals surface area (Å²) in [5.41, 5.74) is 0. The van der Waals surface area contributed by atoms with Crippen LogP contribution in [0.2, 0.25) is 0 Å². The van der Waals surface area contributed by atoms with Gasteiger partial charge in [0.25, 0.3) is 0 Å². The van der Waals surface area contributed by atoms with Crippen LogP contribution >= 0.6 is 0 Å². The van der Waals surface area contributed by atoms with Crippen LogP contribution in [0.1, 0.15) is 90.4 Å². The molecule has 164 valence electrons. The Balaban J connectivity index is 3.72. The van der Waals surface area contributed by atoms with Crippen LogP contribution in [-0.2, 0) is 14.3 Å². The number of hydrogen-bond acceptors (Lipinski definition) is 3. The molecule has 28 heavy (non-hydrogen) atoms. The van der Waals surface area contributed by atoms with Crippen LogP contribution in [0, 0.1) is 0 Å². The zero-order valence-corrected chi connectivity index (χ0v) is 18.8. The molecule has 0 aliphatic heterocycles. The fourth-order valence-electron chi connectivity index (χ4n) is 3.18. The van der Waals surface area contributed by atoms with E-state index in [4.69, 9.17) is 9.84 Å². The molecule has 0 aromatic rings. The Morgan fingerprint density at radius 2 is 1.43 bits per heavy atom. The molecule has 5 heteroatoms. The molecule has 0 aromatic carbocycles. The van der Waals surface area contributed by atoms with E-state index in [-0.39, 0.29) is 12.4 Å². The maximum Gasteiger partial charge on any atom is 0.307 e. The molecule has 0 aliphatic rings. The zero-order chi connectivity index (χ0) is 21.3. The average Bonchev–Trinajstić information content (AvgIpc) is 2.56. The molecule has 1 atom stereocenters. The lowest BCUT2D eigenvalue weighted by Crippen LogP contribution is -2.43. The molecular weight excluding hydrogens is 354 g/mol. The highest BCUT2D eigenvalue weighted by Crippen LogP contribution is 2.11. The first-order chi connectivity index (χ1) is 13.2. The SMILES string of the molecule is CCCCCC/C=C/CCCCCCCC(=O)O[C@H](CC(=O)O)C[N+](C)(C)C. The van der Waals surface area contributed by atoms with Crippen molar-refractivity contribution >= 4 is 11.9 Å². The predicted octanol–water partition coefficient (Wildman–Crippen LogP) is 5.34. The third kappa shape index (κ3) is 19.4. The molecule has 0 saturated carbocycles. The number of hydrogen-bond donors (Lipinski definition) is 1. The second kappa shape index (κ2) is 16.6. The van der Waals surface area contributed by atoms with E-state index in [2.05, 4.69) is 19.1 Å². The first kappa shape index (κ1) is 26.6. The van der Waals surface area contributed by atoms with Crippen LogP contribution in [0.25, 0.3) is 0 Å². The number of carboxylic acid groups (broad SMARTS) is 1. The third-order valence-electron chi connectivity index (χ3n) is 4.59. The van der Waals surface area contributed by atoms with Crippen LogP contribution in [0.3, 0.4) is 0 Å². The van der Waals surface area contributed by atoms with Crippen LogP contribution in [0.5, 0.6) is 0 Å². The fourth-order valence-corrected chi connectivity index (χ4v) is 3.18. The van der Waals surface area contributed by atoms with E-state index < -0.39 is 12.1 Å². The molecule has 0 fully saturated rings. The zero-order valence-electron chi connectivity index (χ0n) is 18.8. The van der Waals surface area contributed by atoms with E-state index in [0.717, 1.165) is 25.7 Å². The molecular formula is C23H44NO4+. The number of rotatable bonds is 18. The van der Waals surface area contributed by atoms with Crippen molar-refractivity contribution in [2.24, 2.45) is 0 Å². The largest absolute Gasteiger partial charge is 0.481 e. The quantitative estimate of drug-likeness (QED) is 0.147. The van der Waals surface area contributed by atoms with Crippen molar-refractivity contribution in [3.63, 3.8) is 0 Å². The first-order valence-electron chi connectivity index (χ1n) is 11.1. The van der Waals surface area contributed by atoms with E-state index in [1.807, 2.05) is 21.1 Å². The maximum atomic E-state index is 12.0. The lowest BCUT2D eigenvalue weighted by Gasteiger charge is -2.28. The van der Waals surface area contributed by atoms with Gasteiger partial charge >= 0.3 is 11.9 Å². The molecule has 5 nitrogen and oxygen atoms in total. The molecule has 0 unspecified atom stereocenters. The standard InChI is InChI=1S/C23H43NO4/c1-5-6-7-8-9-10-11-12-13-14-15-16-17-18-23(27)28-21(19-22(25)26)20-24(2,3)4/h10-11,21H,5-9,12-20H2,1-4H3/p+1/b11-10+/t21-/m1/s1. The summed E-state index contributed by atoms with van der Waals surface area (Å²) >= 11 is 0. The van der Waals surface area contributed by atoms with Crippen molar-refractivity contribution in [1.82, 2.24) is 0 Å². The summed E-state index contributed by atoms with van der Waals surface area (Å²) in [5.74, 6) is -1.20. The predicted molar refractivity (Wildman–Crippen MR) is 115 cm³/mol. The number of carbonyl (C=O) groups is 2. The topological polar surface area (TPSA) is 63.6 Å². The molecule has 0 saturated heterocycles. The van der Waals surface area contributed by atoms with Gasteiger partial charge in [-0.25, -0.2) is 0 Å². The Morgan fingerprint density at radius 3 is 1.96 bits per heavy atom. The number of quaternary nitrogens is 1. The number of unbranched alkanes of at least 4 members (excludes halogenated alkanes) is 9. The highest BCUT2D eigenvalue weighted by atomic mass is 16.5. The Morgan fingerprint density at radius 1 is 0.893 bits per heavy atom. The van der Waals surface area contributed by atoms with Gasteiger partial charge in [0, 0.05) is 6.42 Å². The van der Waals surface area contributed by atoms with Gasteiger partial charge in [0.15, 0.2) is 6.10 Å². The molecule has 0 rings (SSSR count). The number of ether oxygens (including phenoxy) is 1. The molecule has 0 radical (unpaired) electrons.